The number of fused-ring (bicyclic) bond motifs is 1. The van der Waals surface area contributed by atoms with Crippen LogP contribution in [0.25, 0.3) is 0 Å². The molecule has 5 rings (SSSR count). The second-order valence-electron chi connectivity index (χ2n) is 8.38. The van der Waals surface area contributed by atoms with Crippen molar-refractivity contribution in [2.75, 3.05) is 37.6 Å². The Morgan fingerprint density at radius 3 is 2.68 bits per heavy atom. The standard InChI is InChI=1S/C21H31N7/c1-2-26-16-22-13-19(26)15-25-7-6-20-17(14-25)12-23-21(24-20)28-10-8-27(9-11-28)18-4-3-5-18/h12-13,16,18H,2-11,14-15H2,1H3. The summed E-state index contributed by atoms with van der Waals surface area (Å²) in [6.07, 6.45) is 11.2. The molecule has 0 spiro atoms. The van der Waals surface area contributed by atoms with Gasteiger partial charge in [0.05, 0.1) is 17.7 Å². The summed E-state index contributed by atoms with van der Waals surface area (Å²) in [6.45, 7) is 10.5. The second-order valence-corrected chi connectivity index (χ2v) is 8.38. The van der Waals surface area contributed by atoms with Gasteiger partial charge in [-0.2, -0.15) is 0 Å². The Hall–Kier alpha value is -1.99. The average Bonchev–Trinajstić information content (AvgIpc) is 3.14. The smallest absolute Gasteiger partial charge is 0.225 e. The maximum atomic E-state index is 4.96. The van der Waals surface area contributed by atoms with Crippen molar-refractivity contribution < 1.29 is 0 Å². The first-order valence-corrected chi connectivity index (χ1v) is 10.9. The van der Waals surface area contributed by atoms with Crippen LogP contribution < -0.4 is 4.90 Å². The van der Waals surface area contributed by atoms with Crippen LogP contribution in [0, 0.1) is 0 Å². The van der Waals surface area contributed by atoms with E-state index in [2.05, 4.69) is 37.4 Å². The molecular formula is C21H31N7. The number of imidazole rings is 1. The van der Waals surface area contributed by atoms with Gasteiger partial charge in [0, 0.05) is 82.8 Å². The van der Waals surface area contributed by atoms with Gasteiger partial charge in [0.1, 0.15) is 0 Å². The summed E-state index contributed by atoms with van der Waals surface area (Å²) >= 11 is 0. The van der Waals surface area contributed by atoms with Gasteiger partial charge in [-0.1, -0.05) is 6.42 Å². The molecule has 150 valence electrons. The SMILES string of the molecule is CCn1cncc1CN1CCc2nc(N3CCN(C4CCC4)CC3)ncc2C1. The van der Waals surface area contributed by atoms with Gasteiger partial charge >= 0.3 is 0 Å². The largest absolute Gasteiger partial charge is 0.338 e. The van der Waals surface area contributed by atoms with E-state index < -0.39 is 0 Å². The topological polar surface area (TPSA) is 53.3 Å². The molecule has 3 aliphatic rings. The molecule has 4 heterocycles. The molecule has 0 N–H and O–H groups in total. The van der Waals surface area contributed by atoms with Crippen LogP contribution >= 0.6 is 0 Å². The number of hydrogen-bond donors (Lipinski definition) is 0. The molecule has 2 aromatic rings. The van der Waals surface area contributed by atoms with Crippen molar-refractivity contribution in [3.05, 3.63) is 35.7 Å². The van der Waals surface area contributed by atoms with Crippen LogP contribution in [-0.4, -0.2) is 68.1 Å². The molecule has 2 aromatic heterocycles. The minimum absolute atomic E-state index is 0.849. The lowest BCUT2D eigenvalue weighted by Crippen LogP contribution is -2.52. The monoisotopic (exact) mass is 381 g/mol. The van der Waals surface area contributed by atoms with Gasteiger partial charge in [0.2, 0.25) is 5.95 Å². The summed E-state index contributed by atoms with van der Waals surface area (Å²) in [6, 6.07) is 0.849. The highest BCUT2D eigenvalue weighted by Gasteiger charge is 2.29. The van der Waals surface area contributed by atoms with E-state index in [9.17, 15) is 0 Å². The second kappa shape index (κ2) is 7.79. The van der Waals surface area contributed by atoms with Crippen LogP contribution in [0.1, 0.15) is 43.1 Å². The first-order chi connectivity index (χ1) is 13.8. The Labute approximate surface area is 167 Å². The van der Waals surface area contributed by atoms with Gasteiger partial charge in [-0.15, -0.1) is 0 Å². The molecule has 7 heteroatoms. The van der Waals surface area contributed by atoms with Crippen molar-refractivity contribution >= 4 is 5.95 Å². The lowest BCUT2D eigenvalue weighted by molar-refractivity contribution is 0.120. The van der Waals surface area contributed by atoms with E-state index >= 15 is 0 Å². The number of nitrogens with zero attached hydrogens (tertiary/aromatic N) is 7. The normalized spacial score (nSPS) is 21.5. The van der Waals surface area contributed by atoms with Crippen LogP contribution in [0.5, 0.6) is 0 Å². The van der Waals surface area contributed by atoms with Crippen molar-refractivity contribution in [2.45, 2.75) is 58.3 Å². The zero-order chi connectivity index (χ0) is 18.9. The Balaban J connectivity index is 1.21. The molecule has 28 heavy (non-hydrogen) atoms. The summed E-state index contributed by atoms with van der Waals surface area (Å²) in [5, 5.41) is 0. The zero-order valence-corrected chi connectivity index (χ0v) is 16.9. The van der Waals surface area contributed by atoms with Gasteiger partial charge in [-0.3, -0.25) is 9.80 Å². The summed E-state index contributed by atoms with van der Waals surface area (Å²) in [7, 11) is 0. The molecule has 2 aliphatic heterocycles. The fourth-order valence-corrected chi connectivity index (χ4v) is 4.68. The van der Waals surface area contributed by atoms with E-state index in [4.69, 9.17) is 9.97 Å². The van der Waals surface area contributed by atoms with Gasteiger partial charge in [0.15, 0.2) is 0 Å². The van der Waals surface area contributed by atoms with E-state index in [1.165, 1.54) is 36.2 Å². The zero-order valence-electron chi connectivity index (χ0n) is 16.9. The van der Waals surface area contributed by atoms with Crippen molar-refractivity contribution in [3.8, 4) is 0 Å². The maximum absolute atomic E-state index is 4.96. The van der Waals surface area contributed by atoms with Crippen LogP contribution in [0.15, 0.2) is 18.7 Å². The van der Waals surface area contributed by atoms with E-state index in [0.29, 0.717) is 0 Å². The Bertz CT molecular complexity index is 805. The van der Waals surface area contributed by atoms with E-state index in [1.54, 1.807) is 0 Å². The molecule has 7 nitrogen and oxygen atoms in total. The van der Waals surface area contributed by atoms with Crippen LogP contribution in [0.2, 0.25) is 0 Å². The number of rotatable bonds is 5. The molecular weight excluding hydrogens is 350 g/mol. The predicted molar refractivity (Wildman–Crippen MR) is 109 cm³/mol. The summed E-state index contributed by atoms with van der Waals surface area (Å²) in [5.74, 6) is 0.935. The summed E-state index contributed by atoms with van der Waals surface area (Å²) < 4.78 is 2.22. The highest BCUT2D eigenvalue weighted by Crippen LogP contribution is 2.26. The van der Waals surface area contributed by atoms with Crippen LogP contribution in [0.4, 0.5) is 5.95 Å². The minimum atomic E-state index is 0.849. The molecule has 1 saturated carbocycles. The lowest BCUT2D eigenvalue weighted by atomic mass is 9.91. The first kappa shape index (κ1) is 18.1. The highest BCUT2D eigenvalue weighted by atomic mass is 15.3. The molecule has 1 aliphatic carbocycles. The van der Waals surface area contributed by atoms with E-state index in [0.717, 1.165) is 70.8 Å². The van der Waals surface area contributed by atoms with Gasteiger partial charge in [0.25, 0.3) is 0 Å². The fraction of sp³-hybridized carbons (Fsp3) is 0.667. The maximum Gasteiger partial charge on any atom is 0.225 e. The van der Waals surface area contributed by atoms with E-state index in [1.807, 2.05) is 12.5 Å². The molecule has 0 aromatic carbocycles. The van der Waals surface area contributed by atoms with Crippen LogP contribution in [-0.2, 0) is 26.1 Å². The highest BCUT2D eigenvalue weighted by molar-refractivity contribution is 5.35. The van der Waals surface area contributed by atoms with Gasteiger partial charge < -0.3 is 9.47 Å². The molecule has 0 bridgehead atoms. The molecule has 2 fully saturated rings. The average molecular weight is 382 g/mol. The van der Waals surface area contributed by atoms with Crippen molar-refractivity contribution in [1.82, 2.24) is 29.3 Å². The fourth-order valence-electron chi connectivity index (χ4n) is 4.68. The lowest BCUT2D eigenvalue weighted by Gasteiger charge is -2.43. The third-order valence-electron chi connectivity index (χ3n) is 6.71. The summed E-state index contributed by atoms with van der Waals surface area (Å²) in [4.78, 5) is 21.5. The summed E-state index contributed by atoms with van der Waals surface area (Å²) in [5.41, 5.74) is 3.81. The number of piperazine rings is 1. The Morgan fingerprint density at radius 2 is 1.93 bits per heavy atom. The third-order valence-corrected chi connectivity index (χ3v) is 6.71. The van der Waals surface area contributed by atoms with Crippen molar-refractivity contribution in [3.63, 3.8) is 0 Å². The predicted octanol–water partition coefficient (Wildman–Crippen LogP) is 1.93. The van der Waals surface area contributed by atoms with Gasteiger partial charge in [-0.25, -0.2) is 15.0 Å². The number of aryl methyl sites for hydroxylation is 1. The molecule has 1 saturated heterocycles. The molecule has 0 radical (unpaired) electrons. The Morgan fingerprint density at radius 1 is 1.07 bits per heavy atom. The molecule has 0 unspecified atom stereocenters. The number of aromatic nitrogens is 4. The Kier molecular flexibility index (Phi) is 5.03. The third kappa shape index (κ3) is 3.53. The van der Waals surface area contributed by atoms with Crippen molar-refractivity contribution in [1.29, 1.82) is 0 Å². The van der Waals surface area contributed by atoms with E-state index in [-0.39, 0.29) is 0 Å². The van der Waals surface area contributed by atoms with Gasteiger partial charge in [-0.05, 0) is 19.8 Å². The first-order valence-electron chi connectivity index (χ1n) is 10.9. The van der Waals surface area contributed by atoms with Crippen molar-refractivity contribution in [2.24, 2.45) is 0 Å². The number of anilines is 1. The molecule has 0 amide bonds. The quantitative estimate of drug-likeness (QED) is 0.789. The number of hydrogen-bond acceptors (Lipinski definition) is 6. The molecule has 0 atom stereocenters. The van der Waals surface area contributed by atoms with Crippen LogP contribution in [0.3, 0.4) is 0 Å². The minimum Gasteiger partial charge on any atom is -0.338 e.